The zero-order valence-electron chi connectivity index (χ0n) is 9.47. The summed E-state index contributed by atoms with van der Waals surface area (Å²) in [5.74, 6) is 0. The third kappa shape index (κ3) is 3.84. The lowest BCUT2D eigenvalue weighted by Crippen LogP contribution is -2.09. The molecule has 3 heteroatoms. The van der Waals surface area contributed by atoms with E-state index in [9.17, 15) is 0 Å². The van der Waals surface area contributed by atoms with Crippen LogP contribution in [0.15, 0.2) is 16.6 Å². The van der Waals surface area contributed by atoms with Crippen LogP contribution in [-0.4, -0.2) is 17.8 Å². The topological polar surface area (TPSA) is 32.3 Å². The minimum absolute atomic E-state index is 0.241. The Bertz CT molecular complexity index is 313. The molecular weight excluding hydrogens is 254 g/mol. The fourth-order valence-electron chi connectivity index (χ4n) is 1.47. The van der Waals surface area contributed by atoms with Crippen LogP contribution >= 0.6 is 15.9 Å². The predicted octanol–water partition coefficient (Wildman–Crippen LogP) is 3.25. The molecular formula is C12H18BrNO. The number of hydrogen-bond donors (Lipinski definition) is 2. The van der Waals surface area contributed by atoms with Gasteiger partial charge in [-0.2, -0.15) is 0 Å². The van der Waals surface area contributed by atoms with E-state index in [1.54, 1.807) is 6.92 Å². The number of aryl methyl sites for hydroxylation is 2. The van der Waals surface area contributed by atoms with Crippen LogP contribution in [0.25, 0.3) is 0 Å². The standard InChI is InChI=1S/C12H18BrNO/c1-8-6-11(7-9(2)12(8)13)14-5-4-10(3)15/h6-7,10,14-15H,4-5H2,1-3H3. The van der Waals surface area contributed by atoms with Gasteiger partial charge in [0.05, 0.1) is 6.10 Å². The predicted molar refractivity (Wildman–Crippen MR) is 68.4 cm³/mol. The number of benzene rings is 1. The van der Waals surface area contributed by atoms with Crippen molar-refractivity contribution in [1.82, 2.24) is 0 Å². The van der Waals surface area contributed by atoms with E-state index in [1.165, 1.54) is 15.6 Å². The molecule has 2 N–H and O–H groups in total. The van der Waals surface area contributed by atoms with E-state index in [4.69, 9.17) is 5.11 Å². The van der Waals surface area contributed by atoms with Crippen molar-refractivity contribution in [1.29, 1.82) is 0 Å². The van der Waals surface area contributed by atoms with Gasteiger partial charge in [-0.25, -0.2) is 0 Å². The molecule has 0 fully saturated rings. The van der Waals surface area contributed by atoms with Crippen LogP contribution in [0, 0.1) is 13.8 Å². The van der Waals surface area contributed by atoms with Gasteiger partial charge in [-0.3, -0.25) is 0 Å². The molecule has 15 heavy (non-hydrogen) atoms. The van der Waals surface area contributed by atoms with Gasteiger partial charge in [0.1, 0.15) is 0 Å². The van der Waals surface area contributed by atoms with E-state index in [2.05, 4.69) is 47.2 Å². The SMILES string of the molecule is Cc1cc(NCCC(C)O)cc(C)c1Br. The zero-order valence-corrected chi connectivity index (χ0v) is 11.1. The van der Waals surface area contributed by atoms with E-state index >= 15 is 0 Å². The smallest absolute Gasteiger partial charge is 0.0528 e. The van der Waals surface area contributed by atoms with Gasteiger partial charge in [0, 0.05) is 16.7 Å². The van der Waals surface area contributed by atoms with Gasteiger partial charge in [-0.05, 0) is 50.5 Å². The van der Waals surface area contributed by atoms with Crippen molar-refractivity contribution in [2.45, 2.75) is 33.3 Å². The molecule has 0 aliphatic rings. The lowest BCUT2D eigenvalue weighted by molar-refractivity contribution is 0.189. The molecule has 0 saturated heterocycles. The molecule has 0 aliphatic heterocycles. The van der Waals surface area contributed by atoms with Crippen molar-refractivity contribution >= 4 is 21.6 Å². The Kier molecular flexibility index (Phi) is 4.61. The minimum Gasteiger partial charge on any atom is -0.393 e. The minimum atomic E-state index is -0.241. The molecule has 0 heterocycles. The van der Waals surface area contributed by atoms with Crippen molar-refractivity contribution in [2.24, 2.45) is 0 Å². The molecule has 0 saturated carbocycles. The Morgan fingerprint density at radius 1 is 1.33 bits per heavy atom. The molecule has 0 aromatic heterocycles. The molecule has 0 aliphatic carbocycles. The highest BCUT2D eigenvalue weighted by atomic mass is 79.9. The van der Waals surface area contributed by atoms with E-state index in [1.807, 2.05) is 0 Å². The average molecular weight is 272 g/mol. The van der Waals surface area contributed by atoms with E-state index in [0.717, 1.165) is 18.7 Å². The summed E-state index contributed by atoms with van der Waals surface area (Å²) in [6.45, 7) is 6.77. The van der Waals surface area contributed by atoms with Crippen LogP contribution in [0.4, 0.5) is 5.69 Å². The molecule has 0 amide bonds. The highest BCUT2D eigenvalue weighted by Gasteiger charge is 2.02. The summed E-state index contributed by atoms with van der Waals surface area (Å²) in [6.07, 6.45) is 0.531. The van der Waals surface area contributed by atoms with Crippen LogP contribution in [0.5, 0.6) is 0 Å². The summed E-state index contributed by atoms with van der Waals surface area (Å²) in [4.78, 5) is 0. The normalized spacial score (nSPS) is 12.6. The van der Waals surface area contributed by atoms with E-state index < -0.39 is 0 Å². The van der Waals surface area contributed by atoms with Gasteiger partial charge in [0.2, 0.25) is 0 Å². The molecule has 0 bridgehead atoms. The van der Waals surface area contributed by atoms with Gasteiger partial charge in [0.25, 0.3) is 0 Å². The number of halogens is 1. The van der Waals surface area contributed by atoms with Crippen LogP contribution in [-0.2, 0) is 0 Å². The molecule has 1 aromatic carbocycles. The monoisotopic (exact) mass is 271 g/mol. The Hall–Kier alpha value is -0.540. The molecule has 1 rings (SSSR count). The Labute approximate surface area is 99.8 Å². The first-order valence-electron chi connectivity index (χ1n) is 5.19. The number of aliphatic hydroxyl groups is 1. The molecule has 1 atom stereocenters. The third-order valence-corrected chi connectivity index (χ3v) is 3.58. The van der Waals surface area contributed by atoms with Gasteiger partial charge in [0.15, 0.2) is 0 Å². The van der Waals surface area contributed by atoms with Gasteiger partial charge < -0.3 is 10.4 Å². The Balaban J connectivity index is 2.63. The van der Waals surface area contributed by atoms with Crippen molar-refractivity contribution in [3.05, 3.63) is 27.7 Å². The third-order valence-electron chi connectivity index (χ3n) is 2.33. The fourth-order valence-corrected chi connectivity index (χ4v) is 1.70. The second kappa shape index (κ2) is 5.52. The molecule has 0 radical (unpaired) electrons. The van der Waals surface area contributed by atoms with E-state index in [0.29, 0.717) is 0 Å². The van der Waals surface area contributed by atoms with Crippen LogP contribution < -0.4 is 5.32 Å². The molecule has 1 unspecified atom stereocenters. The molecule has 1 aromatic rings. The van der Waals surface area contributed by atoms with Gasteiger partial charge >= 0.3 is 0 Å². The van der Waals surface area contributed by atoms with E-state index in [-0.39, 0.29) is 6.10 Å². The van der Waals surface area contributed by atoms with Crippen LogP contribution in [0.2, 0.25) is 0 Å². The number of hydrogen-bond acceptors (Lipinski definition) is 2. The Morgan fingerprint density at radius 2 is 1.87 bits per heavy atom. The van der Waals surface area contributed by atoms with Crippen molar-refractivity contribution < 1.29 is 5.11 Å². The quantitative estimate of drug-likeness (QED) is 0.881. The zero-order chi connectivity index (χ0) is 11.4. The first-order chi connectivity index (χ1) is 7.00. The number of nitrogens with one attached hydrogen (secondary N) is 1. The van der Waals surface area contributed by atoms with Crippen molar-refractivity contribution in [2.75, 3.05) is 11.9 Å². The molecule has 2 nitrogen and oxygen atoms in total. The number of aliphatic hydroxyl groups excluding tert-OH is 1. The summed E-state index contributed by atoms with van der Waals surface area (Å²) in [5.41, 5.74) is 3.58. The first kappa shape index (κ1) is 12.5. The fraction of sp³-hybridized carbons (Fsp3) is 0.500. The summed E-state index contributed by atoms with van der Waals surface area (Å²) >= 11 is 3.54. The summed E-state index contributed by atoms with van der Waals surface area (Å²) in [5, 5.41) is 12.4. The summed E-state index contributed by atoms with van der Waals surface area (Å²) < 4.78 is 1.17. The lowest BCUT2D eigenvalue weighted by Gasteiger charge is -2.11. The maximum absolute atomic E-state index is 9.14. The highest BCUT2D eigenvalue weighted by Crippen LogP contribution is 2.24. The lowest BCUT2D eigenvalue weighted by atomic mass is 10.1. The van der Waals surface area contributed by atoms with Gasteiger partial charge in [-0.1, -0.05) is 15.9 Å². The maximum atomic E-state index is 9.14. The number of anilines is 1. The molecule has 0 spiro atoms. The highest BCUT2D eigenvalue weighted by molar-refractivity contribution is 9.10. The summed E-state index contributed by atoms with van der Waals surface area (Å²) in [7, 11) is 0. The largest absolute Gasteiger partial charge is 0.393 e. The summed E-state index contributed by atoms with van der Waals surface area (Å²) in [6, 6.07) is 4.22. The van der Waals surface area contributed by atoms with Crippen LogP contribution in [0.1, 0.15) is 24.5 Å². The van der Waals surface area contributed by atoms with Crippen molar-refractivity contribution in [3.8, 4) is 0 Å². The molecule has 84 valence electrons. The van der Waals surface area contributed by atoms with Crippen LogP contribution in [0.3, 0.4) is 0 Å². The average Bonchev–Trinajstić information content (AvgIpc) is 2.13. The van der Waals surface area contributed by atoms with Crippen molar-refractivity contribution in [3.63, 3.8) is 0 Å². The van der Waals surface area contributed by atoms with Gasteiger partial charge in [-0.15, -0.1) is 0 Å². The Morgan fingerprint density at radius 3 is 2.33 bits per heavy atom. The maximum Gasteiger partial charge on any atom is 0.0528 e. The second-order valence-electron chi connectivity index (χ2n) is 3.99. The number of rotatable bonds is 4. The second-order valence-corrected chi connectivity index (χ2v) is 4.78. The first-order valence-corrected chi connectivity index (χ1v) is 5.98.